The van der Waals surface area contributed by atoms with Gasteiger partial charge in [-0.2, -0.15) is 20.4 Å². The number of hydrogen-bond donors (Lipinski definition) is 2. The maximum Gasteiger partial charge on any atom is 0.271 e. The van der Waals surface area contributed by atoms with Crippen molar-refractivity contribution in [3.63, 3.8) is 0 Å². The van der Waals surface area contributed by atoms with Crippen molar-refractivity contribution in [1.82, 2.24) is 25.0 Å². The number of aromatic nitrogens is 4. The molecule has 3 rings (SSSR count). The lowest BCUT2D eigenvalue weighted by atomic mass is 10.2. The van der Waals surface area contributed by atoms with E-state index in [9.17, 15) is 4.79 Å². The number of nitrogens with one attached hydrogen (secondary N) is 2. The largest absolute Gasteiger partial charge is 0.279 e. The van der Waals surface area contributed by atoms with Gasteiger partial charge < -0.3 is 0 Å². The topological polar surface area (TPSA) is 101 Å². The fraction of sp³-hybridized carbons (Fsp3) is 0.286. The van der Waals surface area contributed by atoms with Gasteiger partial charge in [0.2, 0.25) is 0 Å². The molecule has 0 saturated carbocycles. The molecule has 2 N–H and O–H groups in total. The maximum absolute atomic E-state index is 12.3. The lowest BCUT2D eigenvalue weighted by Crippen LogP contribution is -2.17. The minimum Gasteiger partial charge on any atom is -0.279 e. The van der Waals surface area contributed by atoms with E-state index < -0.39 is 0 Å². The molecule has 2 heterocycles. The molecule has 0 fully saturated rings. The van der Waals surface area contributed by atoms with Crippen LogP contribution in [-0.4, -0.2) is 37.9 Å². The number of anilines is 1. The van der Waals surface area contributed by atoms with E-state index in [1.807, 2.05) is 46.5 Å². The van der Waals surface area contributed by atoms with Gasteiger partial charge in [-0.05, 0) is 52.0 Å². The van der Waals surface area contributed by atoms with Crippen molar-refractivity contribution in [1.29, 1.82) is 0 Å². The summed E-state index contributed by atoms with van der Waals surface area (Å²) in [5.74, 6) is -0.290. The molecule has 9 nitrogen and oxygen atoms in total. The molecule has 0 atom stereocenters. The summed E-state index contributed by atoms with van der Waals surface area (Å²) in [5, 5.41) is 17.0. The van der Waals surface area contributed by atoms with Crippen molar-refractivity contribution >= 4 is 24.0 Å². The highest BCUT2D eigenvalue weighted by molar-refractivity contribution is 5.95. The highest BCUT2D eigenvalue weighted by atomic mass is 16.2. The molecule has 9 heteroatoms. The zero-order chi connectivity index (χ0) is 21.8. The van der Waals surface area contributed by atoms with E-state index in [-0.39, 0.29) is 5.91 Å². The quantitative estimate of drug-likeness (QED) is 0.485. The highest BCUT2D eigenvalue weighted by Gasteiger charge is 2.08. The molecule has 0 bridgehead atoms. The van der Waals surface area contributed by atoms with Crippen LogP contribution in [0.1, 0.15) is 44.3 Å². The molecule has 0 aliphatic rings. The summed E-state index contributed by atoms with van der Waals surface area (Å²) in [5.41, 5.74) is 12.5. The van der Waals surface area contributed by atoms with Crippen molar-refractivity contribution < 1.29 is 4.79 Å². The van der Waals surface area contributed by atoms with Gasteiger partial charge >= 0.3 is 0 Å². The average Bonchev–Trinajstić information content (AvgIpc) is 3.10. The predicted octanol–water partition coefficient (Wildman–Crippen LogP) is 2.60. The van der Waals surface area contributed by atoms with Crippen LogP contribution < -0.4 is 10.9 Å². The van der Waals surface area contributed by atoms with E-state index in [1.54, 1.807) is 41.4 Å². The highest BCUT2D eigenvalue weighted by Crippen LogP contribution is 2.12. The van der Waals surface area contributed by atoms with E-state index >= 15 is 0 Å². The minimum atomic E-state index is -0.290. The molecule has 0 radical (unpaired) electrons. The summed E-state index contributed by atoms with van der Waals surface area (Å²) in [6, 6.07) is 7.00. The summed E-state index contributed by atoms with van der Waals surface area (Å²) >= 11 is 0. The van der Waals surface area contributed by atoms with Crippen LogP contribution in [0.25, 0.3) is 0 Å². The van der Waals surface area contributed by atoms with Gasteiger partial charge in [0.25, 0.3) is 5.91 Å². The number of aryl methyl sites for hydroxylation is 4. The van der Waals surface area contributed by atoms with E-state index in [4.69, 9.17) is 0 Å². The summed E-state index contributed by atoms with van der Waals surface area (Å²) in [4.78, 5) is 12.3. The number of rotatable bonds is 6. The summed E-state index contributed by atoms with van der Waals surface area (Å²) in [7, 11) is 3.77. The molecular formula is C21H26N8O. The fourth-order valence-corrected chi connectivity index (χ4v) is 3.04. The Hall–Kier alpha value is -3.75. The first-order valence-corrected chi connectivity index (χ1v) is 9.51. The van der Waals surface area contributed by atoms with E-state index in [0.29, 0.717) is 5.56 Å². The molecule has 30 heavy (non-hydrogen) atoms. The first-order chi connectivity index (χ1) is 14.3. The third kappa shape index (κ3) is 4.45. The molecule has 3 aromatic rings. The number of hydrogen-bond acceptors (Lipinski definition) is 6. The molecule has 0 saturated heterocycles. The molecule has 0 unspecified atom stereocenters. The second-order valence-corrected chi connectivity index (χ2v) is 7.06. The lowest BCUT2D eigenvalue weighted by molar-refractivity contribution is 0.0955. The standard InChI is InChI=1S/C21H26N8O/c1-13-19(15(3)28(5)26-13)11-22-24-18-9-7-17(8-10-18)21(30)25-23-12-20-14(2)27-29(6)16(20)4/h7-12,24H,1-6H3,(H,25,30)/b22-11-,23-12-. The van der Waals surface area contributed by atoms with Crippen LogP contribution in [0.4, 0.5) is 5.69 Å². The lowest BCUT2D eigenvalue weighted by Gasteiger charge is -2.03. The normalized spacial score (nSPS) is 11.5. The SMILES string of the molecule is Cc1nn(C)c(C)c1/C=N\NC(=O)c1ccc(N/N=C\c2c(C)nn(C)c2C)cc1. The molecular weight excluding hydrogens is 380 g/mol. The number of amides is 1. The Balaban J connectivity index is 1.59. The van der Waals surface area contributed by atoms with Crippen molar-refractivity contribution in [2.24, 2.45) is 24.3 Å². The Kier molecular flexibility index (Phi) is 6.10. The van der Waals surface area contributed by atoms with E-state index in [1.165, 1.54) is 0 Å². The molecule has 0 aliphatic heterocycles. The smallest absolute Gasteiger partial charge is 0.271 e. The van der Waals surface area contributed by atoms with Gasteiger partial charge in [0.05, 0.1) is 29.5 Å². The Morgan fingerprint density at radius 1 is 0.867 bits per heavy atom. The van der Waals surface area contributed by atoms with Gasteiger partial charge in [0, 0.05) is 42.2 Å². The molecule has 0 aliphatic carbocycles. The molecule has 0 spiro atoms. The molecule has 1 aromatic carbocycles. The van der Waals surface area contributed by atoms with Gasteiger partial charge in [0.1, 0.15) is 0 Å². The number of hydrazone groups is 2. The minimum absolute atomic E-state index is 0.290. The van der Waals surface area contributed by atoms with Gasteiger partial charge in [-0.1, -0.05) is 0 Å². The predicted molar refractivity (Wildman–Crippen MR) is 118 cm³/mol. The Morgan fingerprint density at radius 2 is 1.37 bits per heavy atom. The average molecular weight is 406 g/mol. The van der Waals surface area contributed by atoms with Crippen LogP contribution in [0, 0.1) is 27.7 Å². The van der Waals surface area contributed by atoms with Crippen LogP contribution in [0.3, 0.4) is 0 Å². The van der Waals surface area contributed by atoms with E-state index in [2.05, 4.69) is 31.3 Å². The second kappa shape index (κ2) is 8.73. The zero-order valence-corrected chi connectivity index (χ0v) is 18.1. The summed E-state index contributed by atoms with van der Waals surface area (Å²) in [6.07, 6.45) is 3.36. The van der Waals surface area contributed by atoms with Crippen LogP contribution in [0.15, 0.2) is 34.5 Å². The van der Waals surface area contributed by atoms with Crippen molar-refractivity contribution in [3.8, 4) is 0 Å². The monoisotopic (exact) mass is 406 g/mol. The Labute approximate surface area is 175 Å². The van der Waals surface area contributed by atoms with Crippen LogP contribution >= 0.6 is 0 Å². The van der Waals surface area contributed by atoms with Crippen LogP contribution in [-0.2, 0) is 14.1 Å². The van der Waals surface area contributed by atoms with Gasteiger partial charge in [-0.3, -0.25) is 19.6 Å². The first-order valence-electron chi connectivity index (χ1n) is 9.51. The van der Waals surface area contributed by atoms with Gasteiger partial charge in [0.15, 0.2) is 0 Å². The maximum atomic E-state index is 12.3. The number of nitrogens with zero attached hydrogens (tertiary/aromatic N) is 6. The van der Waals surface area contributed by atoms with E-state index in [0.717, 1.165) is 39.6 Å². The third-order valence-electron chi connectivity index (χ3n) is 5.02. The van der Waals surface area contributed by atoms with Gasteiger partial charge in [-0.15, -0.1) is 0 Å². The van der Waals surface area contributed by atoms with Crippen molar-refractivity contribution in [3.05, 3.63) is 63.7 Å². The van der Waals surface area contributed by atoms with Crippen LogP contribution in [0.2, 0.25) is 0 Å². The molecule has 2 aromatic heterocycles. The summed E-state index contributed by atoms with van der Waals surface area (Å²) < 4.78 is 3.60. The second-order valence-electron chi connectivity index (χ2n) is 7.06. The Morgan fingerprint density at radius 3 is 1.83 bits per heavy atom. The molecule has 1 amide bonds. The number of carbonyl (C=O) groups excluding carboxylic acids is 1. The van der Waals surface area contributed by atoms with Gasteiger partial charge in [-0.25, -0.2) is 5.43 Å². The summed E-state index contributed by atoms with van der Waals surface area (Å²) in [6.45, 7) is 7.80. The first kappa shape index (κ1) is 21.0. The van der Waals surface area contributed by atoms with Crippen LogP contribution in [0.5, 0.6) is 0 Å². The molecule has 156 valence electrons. The fourth-order valence-electron chi connectivity index (χ4n) is 3.04. The third-order valence-corrected chi connectivity index (χ3v) is 5.02. The number of benzene rings is 1. The van der Waals surface area contributed by atoms with Crippen molar-refractivity contribution in [2.45, 2.75) is 27.7 Å². The van der Waals surface area contributed by atoms with Crippen molar-refractivity contribution in [2.75, 3.05) is 5.43 Å². The Bertz CT molecular complexity index is 1120. The number of carbonyl (C=O) groups is 1. The zero-order valence-electron chi connectivity index (χ0n) is 18.1.